The molecule has 118 valence electrons. The third kappa shape index (κ3) is 5.76. The van der Waals surface area contributed by atoms with E-state index in [2.05, 4.69) is 19.2 Å². The summed E-state index contributed by atoms with van der Waals surface area (Å²) in [6.07, 6.45) is 0. The number of rotatable bonds is 7. The number of carbonyl (C=O) groups excluding carboxylic acids is 1. The van der Waals surface area contributed by atoms with Crippen LogP contribution in [0.3, 0.4) is 0 Å². The molecule has 0 aromatic heterocycles. The molecule has 0 aliphatic carbocycles. The average Bonchev–Trinajstić information content (AvgIpc) is 2.44. The van der Waals surface area contributed by atoms with Crippen molar-refractivity contribution >= 4 is 5.91 Å². The molecule has 0 bridgehead atoms. The Labute approximate surface area is 128 Å². The van der Waals surface area contributed by atoms with E-state index in [-0.39, 0.29) is 23.9 Å². The van der Waals surface area contributed by atoms with Crippen LogP contribution in [0.15, 0.2) is 24.3 Å². The van der Waals surface area contributed by atoms with Crippen LogP contribution in [0.1, 0.15) is 46.2 Å². The third-order valence-corrected chi connectivity index (χ3v) is 3.52. The summed E-state index contributed by atoms with van der Waals surface area (Å²) in [6.45, 7) is 10.6. The van der Waals surface area contributed by atoms with Crippen molar-refractivity contribution in [2.75, 3.05) is 6.61 Å². The lowest BCUT2D eigenvalue weighted by Crippen LogP contribution is -2.39. The summed E-state index contributed by atoms with van der Waals surface area (Å²) < 4.78 is 5.65. The van der Waals surface area contributed by atoms with Gasteiger partial charge in [0.1, 0.15) is 5.75 Å². The van der Waals surface area contributed by atoms with Gasteiger partial charge in [0.15, 0.2) is 0 Å². The molecule has 0 saturated heterocycles. The number of benzene rings is 1. The second kappa shape index (κ2) is 8.03. The summed E-state index contributed by atoms with van der Waals surface area (Å²) in [6, 6.07) is 7.65. The van der Waals surface area contributed by atoms with E-state index in [0.29, 0.717) is 12.5 Å². The van der Waals surface area contributed by atoms with Gasteiger partial charge in [0.25, 0.3) is 0 Å². The van der Waals surface area contributed by atoms with Crippen LogP contribution in [-0.4, -0.2) is 18.6 Å². The summed E-state index contributed by atoms with van der Waals surface area (Å²) >= 11 is 0. The number of hydrogen-bond donors (Lipinski definition) is 2. The Kier molecular flexibility index (Phi) is 6.69. The normalized spacial score (nSPS) is 15.4. The predicted molar refractivity (Wildman–Crippen MR) is 86.1 cm³/mol. The van der Waals surface area contributed by atoms with Crippen LogP contribution >= 0.6 is 0 Å². The fourth-order valence-electron chi connectivity index (χ4n) is 1.78. The Hall–Kier alpha value is -1.55. The summed E-state index contributed by atoms with van der Waals surface area (Å²) in [5.74, 6) is 1.15. The highest BCUT2D eigenvalue weighted by Crippen LogP contribution is 2.18. The van der Waals surface area contributed by atoms with E-state index < -0.39 is 0 Å². The highest BCUT2D eigenvalue weighted by Gasteiger charge is 2.19. The molecule has 0 spiro atoms. The highest BCUT2D eigenvalue weighted by molar-refractivity contribution is 5.79. The molecule has 0 radical (unpaired) electrons. The zero-order valence-electron chi connectivity index (χ0n) is 13.7. The van der Waals surface area contributed by atoms with Crippen LogP contribution in [0.25, 0.3) is 0 Å². The van der Waals surface area contributed by atoms with E-state index >= 15 is 0 Å². The molecular formula is C17H28N2O2. The second-order valence-corrected chi connectivity index (χ2v) is 6.15. The molecule has 21 heavy (non-hydrogen) atoms. The second-order valence-electron chi connectivity index (χ2n) is 6.15. The van der Waals surface area contributed by atoms with Gasteiger partial charge < -0.3 is 15.8 Å². The van der Waals surface area contributed by atoms with E-state index in [0.717, 1.165) is 11.3 Å². The van der Waals surface area contributed by atoms with E-state index in [1.807, 2.05) is 45.0 Å². The number of ether oxygens (including phenoxy) is 1. The lowest BCUT2D eigenvalue weighted by Gasteiger charge is -2.20. The van der Waals surface area contributed by atoms with Crippen molar-refractivity contribution in [2.24, 2.45) is 17.6 Å². The van der Waals surface area contributed by atoms with Crippen molar-refractivity contribution in [2.45, 2.75) is 46.7 Å². The molecule has 1 aromatic carbocycles. The molecule has 3 atom stereocenters. The largest absolute Gasteiger partial charge is 0.493 e. The summed E-state index contributed by atoms with van der Waals surface area (Å²) in [5.41, 5.74) is 6.80. The Morgan fingerprint density at radius 3 is 2.19 bits per heavy atom. The molecule has 3 N–H and O–H groups in total. The van der Waals surface area contributed by atoms with Crippen LogP contribution in [0.5, 0.6) is 5.75 Å². The number of hydrogen-bond acceptors (Lipinski definition) is 3. The summed E-state index contributed by atoms with van der Waals surface area (Å²) in [4.78, 5) is 12.0. The molecule has 1 rings (SSSR count). The number of amides is 1. The number of carbonyl (C=O) groups is 1. The molecular weight excluding hydrogens is 264 g/mol. The minimum Gasteiger partial charge on any atom is -0.493 e. The lowest BCUT2D eigenvalue weighted by atomic mass is 10.0. The quantitative estimate of drug-likeness (QED) is 0.812. The van der Waals surface area contributed by atoms with Crippen LogP contribution in [0, 0.1) is 11.8 Å². The molecule has 4 nitrogen and oxygen atoms in total. The van der Waals surface area contributed by atoms with Crippen molar-refractivity contribution in [1.29, 1.82) is 0 Å². The van der Waals surface area contributed by atoms with E-state index in [4.69, 9.17) is 10.5 Å². The van der Waals surface area contributed by atoms with Gasteiger partial charge in [-0.05, 0) is 37.5 Å². The van der Waals surface area contributed by atoms with Crippen LogP contribution in [-0.2, 0) is 4.79 Å². The molecule has 1 aromatic rings. The van der Waals surface area contributed by atoms with Crippen molar-refractivity contribution in [3.8, 4) is 5.75 Å². The maximum atomic E-state index is 12.0. The van der Waals surface area contributed by atoms with Gasteiger partial charge in [0.05, 0.1) is 12.6 Å². The van der Waals surface area contributed by atoms with Gasteiger partial charge in [-0.25, -0.2) is 0 Å². The molecule has 0 aliphatic heterocycles. The van der Waals surface area contributed by atoms with Gasteiger partial charge in [0, 0.05) is 12.0 Å². The van der Waals surface area contributed by atoms with Crippen molar-refractivity contribution < 1.29 is 9.53 Å². The van der Waals surface area contributed by atoms with Gasteiger partial charge in [-0.1, -0.05) is 32.9 Å². The average molecular weight is 292 g/mol. The Morgan fingerprint density at radius 2 is 1.71 bits per heavy atom. The first-order valence-electron chi connectivity index (χ1n) is 7.60. The van der Waals surface area contributed by atoms with Gasteiger partial charge in [-0.3, -0.25) is 4.79 Å². The zero-order chi connectivity index (χ0) is 16.0. The SMILES string of the molecule is CC(C)COc1ccc(C(C)NC(=O)C(C)C(C)N)cc1. The Morgan fingerprint density at radius 1 is 1.14 bits per heavy atom. The first kappa shape index (κ1) is 17.5. The first-order valence-corrected chi connectivity index (χ1v) is 7.60. The molecule has 0 fully saturated rings. The Bertz CT molecular complexity index is 441. The van der Waals surface area contributed by atoms with Crippen LogP contribution in [0.2, 0.25) is 0 Å². The number of nitrogens with one attached hydrogen (secondary N) is 1. The minimum atomic E-state index is -0.193. The minimum absolute atomic E-state index is 0.0161. The fourth-order valence-corrected chi connectivity index (χ4v) is 1.78. The predicted octanol–water partition coefficient (Wildman–Crippen LogP) is 2.88. The van der Waals surface area contributed by atoms with Gasteiger partial charge in [0.2, 0.25) is 5.91 Å². The standard InChI is InChI=1S/C17H28N2O2/c1-11(2)10-21-16-8-6-15(7-9-16)14(5)19-17(20)12(3)13(4)18/h6-9,11-14H,10,18H2,1-5H3,(H,19,20). The van der Waals surface area contributed by atoms with E-state index in [1.54, 1.807) is 0 Å². The molecule has 0 aliphatic rings. The first-order chi connectivity index (χ1) is 9.81. The molecule has 4 heteroatoms. The summed E-state index contributed by atoms with van der Waals surface area (Å²) in [5, 5.41) is 2.99. The van der Waals surface area contributed by atoms with Crippen molar-refractivity contribution in [3.05, 3.63) is 29.8 Å². The molecule has 0 saturated carbocycles. The maximum Gasteiger partial charge on any atom is 0.224 e. The highest BCUT2D eigenvalue weighted by atomic mass is 16.5. The third-order valence-electron chi connectivity index (χ3n) is 3.52. The van der Waals surface area contributed by atoms with E-state index in [1.165, 1.54) is 0 Å². The smallest absolute Gasteiger partial charge is 0.224 e. The monoisotopic (exact) mass is 292 g/mol. The fraction of sp³-hybridized carbons (Fsp3) is 0.588. The topological polar surface area (TPSA) is 64.3 Å². The summed E-state index contributed by atoms with van der Waals surface area (Å²) in [7, 11) is 0. The Balaban J connectivity index is 2.58. The molecule has 0 heterocycles. The van der Waals surface area contributed by atoms with Crippen molar-refractivity contribution in [3.63, 3.8) is 0 Å². The van der Waals surface area contributed by atoms with Gasteiger partial charge in [-0.15, -0.1) is 0 Å². The maximum absolute atomic E-state index is 12.0. The lowest BCUT2D eigenvalue weighted by molar-refractivity contribution is -0.125. The zero-order valence-corrected chi connectivity index (χ0v) is 13.7. The van der Waals surface area contributed by atoms with E-state index in [9.17, 15) is 4.79 Å². The van der Waals surface area contributed by atoms with Crippen LogP contribution in [0.4, 0.5) is 0 Å². The molecule has 1 amide bonds. The van der Waals surface area contributed by atoms with Gasteiger partial charge >= 0.3 is 0 Å². The van der Waals surface area contributed by atoms with Crippen LogP contribution < -0.4 is 15.8 Å². The van der Waals surface area contributed by atoms with Gasteiger partial charge in [-0.2, -0.15) is 0 Å². The number of nitrogens with two attached hydrogens (primary N) is 1. The van der Waals surface area contributed by atoms with Crippen molar-refractivity contribution in [1.82, 2.24) is 5.32 Å². The molecule has 3 unspecified atom stereocenters.